The van der Waals surface area contributed by atoms with Crippen molar-refractivity contribution in [1.29, 1.82) is 0 Å². The van der Waals surface area contributed by atoms with E-state index in [0.717, 1.165) is 18.2 Å². The van der Waals surface area contributed by atoms with E-state index in [0.29, 0.717) is 23.7 Å². The molecule has 0 fully saturated rings. The molecule has 2 aromatic heterocycles. The summed E-state index contributed by atoms with van der Waals surface area (Å²) in [6.07, 6.45) is 3.46. The summed E-state index contributed by atoms with van der Waals surface area (Å²) in [5, 5.41) is 8.25. The van der Waals surface area contributed by atoms with E-state index >= 15 is 0 Å². The van der Waals surface area contributed by atoms with Crippen LogP contribution in [0.15, 0.2) is 68.9 Å². The Hall–Kier alpha value is -3.42. The minimum atomic E-state index is -0.645. The van der Waals surface area contributed by atoms with Gasteiger partial charge in [-0.2, -0.15) is 5.10 Å². The van der Waals surface area contributed by atoms with E-state index in [9.17, 15) is 13.6 Å². The summed E-state index contributed by atoms with van der Waals surface area (Å²) < 4.78 is 37.8. The maximum Gasteiger partial charge on any atom is 0.262 e. The van der Waals surface area contributed by atoms with Crippen LogP contribution in [0.2, 0.25) is 0 Å². The van der Waals surface area contributed by atoms with E-state index in [-0.39, 0.29) is 12.2 Å². The van der Waals surface area contributed by atoms with Gasteiger partial charge in [0.05, 0.1) is 24.8 Å². The lowest BCUT2D eigenvalue weighted by Crippen LogP contribution is -2.32. The third-order valence-corrected chi connectivity index (χ3v) is 4.20. The standard InChI is InChI=1S/C19H15F2N3O3/c20-12-5-6-13(21)14(9-12)22-11-19(25)24-16(18-4-2-8-27-18)10-15(23-24)17-3-1-7-26-17/h1-9,16,22H,10-11H2. The summed E-state index contributed by atoms with van der Waals surface area (Å²) in [4.78, 5) is 12.7. The number of hydrogen-bond acceptors (Lipinski definition) is 5. The average molecular weight is 371 g/mol. The zero-order chi connectivity index (χ0) is 18.8. The van der Waals surface area contributed by atoms with Gasteiger partial charge in [-0.15, -0.1) is 0 Å². The van der Waals surface area contributed by atoms with Crippen molar-refractivity contribution in [3.05, 3.63) is 78.1 Å². The first-order valence-electron chi connectivity index (χ1n) is 8.27. The van der Waals surface area contributed by atoms with Crippen molar-refractivity contribution in [2.24, 2.45) is 5.10 Å². The van der Waals surface area contributed by atoms with Crippen molar-refractivity contribution in [1.82, 2.24) is 5.01 Å². The predicted molar refractivity (Wildman–Crippen MR) is 93.0 cm³/mol. The van der Waals surface area contributed by atoms with Crippen LogP contribution in [0, 0.1) is 11.6 Å². The molecule has 0 spiro atoms. The number of carbonyl (C=O) groups excluding carboxylic acids is 1. The molecule has 8 heteroatoms. The van der Waals surface area contributed by atoms with Crippen LogP contribution in [-0.2, 0) is 4.79 Å². The van der Waals surface area contributed by atoms with Gasteiger partial charge in [0, 0.05) is 6.42 Å². The fourth-order valence-electron chi connectivity index (χ4n) is 2.92. The maximum atomic E-state index is 13.7. The van der Waals surface area contributed by atoms with Crippen molar-refractivity contribution in [3.63, 3.8) is 0 Å². The summed E-state index contributed by atoms with van der Waals surface area (Å²) >= 11 is 0. The lowest BCUT2D eigenvalue weighted by molar-refractivity contribution is -0.131. The van der Waals surface area contributed by atoms with Crippen molar-refractivity contribution < 1.29 is 22.4 Å². The molecule has 1 amide bonds. The topological polar surface area (TPSA) is 71.0 Å². The summed E-state index contributed by atoms with van der Waals surface area (Å²) in [6, 6.07) is 9.53. The van der Waals surface area contributed by atoms with Crippen LogP contribution >= 0.6 is 0 Å². The van der Waals surface area contributed by atoms with Crippen LogP contribution in [0.1, 0.15) is 24.0 Å². The molecule has 0 radical (unpaired) electrons. The number of nitrogens with zero attached hydrogens (tertiary/aromatic N) is 2. The molecule has 0 saturated heterocycles. The van der Waals surface area contributed by atoms with Gasteiger partial charge in [0.1, 0.15) is 34.9 Å². The van der Waals surface area contributed by atoms with Crippen LogP contribution in [0.5, 0.6) is 0 Å². The molecular formula is C19H15F2N3O3. The van der Waals surface area contributed by atoms with Crippen LogP contribution in [0.3, 0.4) is 0 Å². The summed E-state index contributed by atoms with van der Waals surface area (Å²) in [5.74, 6) is -0.523. The number of nitrogens with one attached hydrogen (secondary N) is 1. The molecule has 0 saturated carbocycles. The molecule has 1 atom stereocenters. The van der Waals surface area contributed by atoms with E-state index in [1.807, 2.05) is 0 Å². The van der Waals surface area contributed by atoms with Crippen molar-refractivity contribution in [3.8, 4) is 0 Å². The van der Waals surface area contributed by atoms with E-state index in [1.165, 1.54) is 17.5 Å². The molecule has 3 heterocycles. The Balaban J connectivity index is 1.54. The molecule has 6 nitrogen and oxygen atoms in total. The van der Waals surface area contributed by atoms with E-state index < -0.39 is 23.6 Å². The minimum Gasteiger partial charge on any atom is -0.467 e. The molecule has 27 heavy (non-hydrogen) atoms. The third kappa shape index (κ3) is 3.46. The Bertz CT molecular complexity index is 968. The number of rotatable bonds is 5. The summed E-state index contributed by atoms with van der Waals surface area (Å²) in [7, 11) is 0. The van der Waals surface area contributed by atoms with Crippen molar-refractivity contribution in [2.75, 3.05) is 11.9 Å². The zero-order valence-corrected chi connectivity index (χ0v) is 14.1. The normalized spacial score (nSPS) is 16.4. The predicted octanol–water partition coefficient (Wildman–Crippen LogP) is 3.94. The largest absolute Gasteiger partial charge is 0.467 e. The smallest absolute Gasteiger partial charge is 0.262 e. The van der Waals surface area contributed by atoms with Gasteiger partial charge >= 0.3 is 0 Å². The molecule has 3 aromatic rings. The molecule has 1 aromatic carbocycles. The molecule has 4 rings (SSSR count). The number of furan rings is 2. The monoisotopic (exact) mass is 371 g/mol. The third-order valence-electron chi connectivity index (χ3n) is 4.20. The Morgan fingerprint density at radius 1 is 1.19 bits per heavy atom. The molecular weight excluding hydrogens is 356 g/mol. The van der Waals surface area contributed by atoms with E-state index in [4.69, 9.17) is 8.83 Å². The Morgan fingerprint density at radius 2 is 2.00 bits per heavy atom. The molecule has 138 valence electrons. The first-order chi connectivity index (χ1) is 13.1. The lowest BCUT2D eigenvalue weighted by atomic mass is 10.1. The zero-order valence-electron chi connectivity index (χ0n) is 14.1. The van der Waals surface area contributed by atoms with Crippen LogP contribution in [-0.4, -0.2) is 23.2 Å². The van der Waals surface area contributed by atoms with Gasteiger partial charge in [-0.3, -0.25) is 4.79 Å². The second-order valence-electron chi connectivity index (χ2n) is 5.98. The highest BCUT2D eigenvalue weighted by Gasteiger charge is 2.35. The number of amides is 1. The Morgan fingerprint density at radius 3 is 2.74 bits per heavy atom. The summed E-state index contributed by atoms with van der Waals surface area (Å²) in [5.41, 5.74) is 0.513. The van der Waals surface area contributed by atoms with Gasteiger partial charge in [0.2, 0.25) is 0 Å². The Kier molecular flexibility index (Phi) is 4.45. The fraction of sp³-hybridized carbons (Fsp3) is 0.158. The minimum absolute atomic E-state index is 0.0904. The molecule has 1 aliphatic rings. The molecule has 0 aliphatic carbocycles. The average Bonchev–Trinajstić information content (AvgIpc) is 3.40. The molecule has 1 N–H and O–H groups in total. The number of benzene rings is 1. The highest BCUT2D eigenvalue weighted by atomic mass is 19.1. The molecule has 1 aliphatic heterocycles. The number of hydrogen-bond donors (Lipinski definition) is 1. The second-order valence-corrected chi connectivity index (χ2v) is 5.98. The van der Waals surface area contributed by atoms with E-state index in [1.54, 1.807) is 24.3 Å². The number of anilines is 1. The maximum absolute atomic E-state index is 13.7. The van der Waals surface area contributed by atoms with Gasteiger partial charge in [0.25, 0.3) is 5.91 Å². The highest BCUT2D eigenvalue weighted by Crippen LogP contribution is 2.33. The highest BCUT2D eigenvalue weighted by molar-refractivity contribution is 6.01. The van der Waals surface area contributed by atoms with Crippen molar-refractivity contribution >= 4 is 17.3 Å². The SMILES string of the molecule is O=C(CNc1cc(F)ccc1F)N1N=C(c2ccco2)CC1c1ccco1. The lowest BCUT2D eigenvalue weighted by Gasteiger charge is -2.20. The number of halogens is 2. The molecule has 1 unspecified atom stereocenters. The van der Waals surface area contributed by atoms with Gasteiger partial charge < -0.3 is 14.2 Å². The summed E-state index contributed by atoms with van der Waals surface area (Å²) in [6.45, 7) is -0.257. The van der Waals surface area contributed by atoms with Gasteiger partial charge in [-0.05, 0) is 42.5 Å². The molecule has 0 bridgehead atoms. The van der Waals surface area contributed by atoms with Gasteiger partial charge in [-0.25, -0.2) is 13.8 Å². The first kappa shape index (κ1) is 17.0. The van der Waals surface area contributed by atoms with E-state index in [2.05, 4.69) is 10.4 Å². The second kappa shape index (κ2) is 7.06. The number of hydrazone groups is 1. The Labute approximate surface area is 153 Å². The van der Waals surface area contributed by atoms with Gasteiger partial charge in [-0.1, -0.05) is 0 Å². The fourth-order valence-corrected chi connectivity index (χ4v) is 2.92. The van der Waals surface area contributed by atoms with Crippen LogP contribution in [0.25, 0.3) is 0 Å². The number of carbonyl (C=O) groups is 1. The van der Waals surface area contributed by atoms with Crippen LogP contribution in [0.4, 0.5) is 14.5 Å². The van der Waals surface area contributed by atoms with Crippen molar-refractivity contribution in [2.45, 2.75) is 12.5 Å². The van der Waals surface area contributed by atoms with Crippen LogP contribution < -0.4 is 5.32 Å². The first-order valence-corrected chi connectivity index (χ1v) is 8.27. The van der Waals surface area contributed by atoms with Gasteiger partial charge in [0.15, 0.2) is 0 Å². The quantitative estimate of drug-likeness (QED) is 0.737.